The molecule has 0 aliphatic carbocycles. The van der Waals surface area contributed by atoms with Gasteiger partial charge in [0.2, 0.25) is 0 Å². The Morgan fingerprint density at radius 3 is 2.26 bits per heavy atom. The average Bonchev–Trinajstić information content (AvgIpc) is 3.03. The monoisotopic (exact) mass is 495 g/mol. The minimum atomic E-state index is -0.763. The van der Waals surface area contributed by atoms with Gasteiger partial charge in [-0.15, -0.1) is 0 Å². The highest BCUT2D eigenvalue weighted by atomic mass is 79.9. The highest BCUT2D eigenvalue weighted by Crippen LogP contribution is 2.41. The predicted octanol–water partition coefficient (Wildman–Crippen LogP) is 5.77. The zero-order chi connectivity index (χ0) is 22.0. The molecule has 0 spiro atoms. The molecule has 0 bridgehead atoms. The van der Waals surface area contributed by atoms with E-state index in [0.29, 0.717) is 29.1 Å². The third-order valence-electron chi connectivity index (χ3n) is 5.34. The lowest BCUT2D eigenvalue weighted by Crippen LogP contribution is -2.31. The Balaban J connectivity index is 1.80. The van der Waals surface area contributed by atoms with E-state index < -0.39 is 17.7 Å². The van der Waals surface area contributed by atoms with Crippen LogP contribution >= 0.6 is 27.5 Å². The number of benzene rings is 3. The predicted molar refractivity (Wildman–Crippen MR) is 125 cm³/mol. The van der Waals surface area contributed by atoms with Crippen molar-refractivity contribution in [2.45, 2.75) is 12.5 Å². The number of aliphatic hydroxyl groups is 1. The highest BCUT2D eigenvalue weighted by Gasteiger charge is 2.46. The van der Waals surface area contributed by atoms with Crippen molar-refractivity contribution >= 4 is 45.0 Å². The Kier molecular flexibility index (Phi) is 6.25. The molecule has 1 heterocycles. The Morgan fingerprint density at radius 2 is 1.58 bits per heavy atom. The molecular formula is C25H19BrClNO3. The topological polar surface area (TPSA) is 57.6 Å². The number of nitrogens with zero attached hydrogens (tertiary/aromatic N) is 1. The highest BCUT2D eigenvalue weighted by molar-refractivity contribution is 9.10. The standard InChI is InChI=1S/C25H19BrClNO3/c26-18-12-10-17(11-13-18)23(29)21-22(19-8-4-5-9-20(19)27)28(25(31)24(21)30)15-14-16-6-2-1-3-7-16/h1-13,22,29H,14-15H2/t22-/m0/s1. The first-order valence-electron chi connectivity index (χ1n) is 9.80. The van der Waals surface area contributed by atoms with Crippen LogP contribution in [0.5, 0.6) is 0 Å². The number of Topliss-reactive ketones (excluding diaryl/α,β-unsaturated/α-hetero) is 1. The number of ketones is 1. The molecule has 0 saturated carbocycles. The molecule has 156 valence electrons. The van der Waals surface area contributed by atoms with Gasteiger partial charge in [0.05, 0.1) is 11.6 Å². The molecule has 1 amide bonds. The summed E-state index contributed by atoms with van der Waals surface area (Å²) in [5.41, 5.74) is 2.17. The van der Waals surface area contributed by atoms with Crippen molar-refractivity contribution in [3.63, 3.8) is 0 Å². The molecule has 4 rings (SSSR count). The lowest BCUT2D eigenvalue weighted by Gasteiger charge is -2.26. The normalized spacial score (nSPS) is 17.9. The van der Waals surface area contributed by atoms with E-state index in [4.69, 9.17) is 11.6 Å². The van der Waals surface area contributed by atoms with Gasteiger partial charge in [-0.05, 0) is 35.7 Å². The van der Waals surface area contributed by atoms with Crippen molar-refractivity contribution < 1.29 is 14.7 Å². The van der Waals surface area contributed by atoms with Gasteiger partial charge in [-0.2, -0.15) is 0 Å². The van der Waals surface area contributed by atoms with Crippen LogP contribution in [-0.4, -0.2) is 28.2 Å². The van der Waals surface area contributed by atoms with E-state index in [1.807, 2.05) is 30.3 Å². The van der Waals surface area contributed by atoms with E-state index in [0.717, 1.165) is 10.0 Å². The number of carbonyl (C=O) groups excluding carboxylic acids is 2. The quantitative estimate of drug-likeness (QED) is 0.277. The van der Waals surface area contributed by atoms with Crippen LogP contribution in [0.2, 0.25) is 5.02 Å². The smallest absolute Gasteiger partial charge is 0.295 e. The number of rotatable bonds is 5. The first-order valence-corrected chi connectivity index (χ1v) is 11.0. The summed E-state index contributed by atoms with van der Waals surface area (Å²) in [6, 6.07) is 23.0. The molecule has 3 aromatic rings. The maximum absolute atomic E-state index is 13.0. The van der Waals surface area contributed by atoms with Gasteiger partial charge in [-0.25, -0.2) is 0 Å². The van der Waals surface area contributed by atoms with Crippen LogP contribution in [0, 0.1) is 0 Å². The number of amides is 1. The van der Waals surface area contributed by atoms with Crippen LogP contribution in [0.1, 0.15) is 22.7 Å². The molecule has 3 aromatic carbocycles. The molecule has 1 aliphatic rings. The second-order valence-corrected chi connectivity index (χ2v) is 8.58. The fourth-order valence-corrected chi connectivity index (χ4v) is 4.29. The maximum Gasteiger partial charge on any atom is 0.295 e. The Hall–Kier alpha value is -2.89. The first kappa shape index (κ1) is 21.3. The SMILES string of the molecule is O=C1C(=O)N(CCc2ccccc2)[C@@H](c2ccccc2Cl)C1=C(O)c1ccc(Br)cc1. The number of hydrogen-bond acceptors (Lipinski definition) is 3. The van der Waals surface area contributed by atoms with Crippen molar-refractivity contribution in [2.75, 3.05) is 6.54 Å². The van der Waals surface area contributed by atoms with E-state index >= 15 is 0 Å². The van der Waals surface area contributed by atoms with Gasteiger partial charge in [0.25, 0.3) is 11.7 Å². The fraction of sp³-hybridized carbons (Fsp3) is 0.120. The lowest BCUT2D eigenvalue weighted by atomic mass is 9.95. The number of likely N-dealkylation sites (tertiary alicyclic amines) is 1. The zero-order valence-corrected chi connectivity index (χ0v) is 18.8. The summed E-state index contributed by atoms with van der Waals surface area (Å²) < 4.78 is 0.843. The summed E-state index contributed by atoms with van der Waals surface area (Å²) in [6.07, 6.45) is 0.577. The van der Waals surface area contributed by atoms with Gasteiger partial charge in [0.1, 0.15) is 5.76 Å². The lowest BCUT2D eigenvalue weighted by molar-refractivity contribution is -0.139. The summed E-state index contributed by atoms with van der Waals surface area (Å²) in [5.74, 6) is -1.56. The maximum atomic E-state index is 13.0. The van der Waals surface area contributed by atoms with Gasteiger partial charge < -0.3 is 10.0 Å². The van der Waals surface area contributed by atoms with Crippen molar-refractivity contribution in [1.29, 1.82) is 0 Å². The number of carbonyl (C=O) groups is 2. The second-order valence-electron chi connectivity index (χ2n) is 7.26. The molecule has 1 atom stereocenters. The molecule has 1 N–H and O–H groups in total. The van der Waals surface area contributed by atoms with E-state index in [9.17, 15) is 14.7 Å². The van der Waals surface area contributed by atoms with Crippen molar-refractivity contribution in [1.82, 2.24) is 4.90 Å². The summed E-state index contributed by atoms with van der Waals surface area (Å²) in [7, 11) is 0. The Labute approximate surface area is 193 Å². The molecule has 1 saturated heterocycles. The van der Waals surface area contributed by atoms with Gasteiger partial charge in [-0.3, -0.25) is 9.59 Å². The Bertz CT molecular complexity index is 1160. The molecule has 1 fully saturated rings. The average molecular weight is 497 g/mol. The summed E-state index contributed by atoms with van der Waals surface area (Å²) in [5, 5.41) is 11.5. The van der Waals surface area contributed by atoms with Crippen LogP contribution in [0.3, 0.4) is 0 Å². The number of hydrogen-bond donors (Lipinski definition) is 1. The minimum Gasteiger partial charge on any atom is -0.507 e. The molecule has 0 radical (unpaired) electrons. The molecular weight excluding hydrogens is 478 g/mol. The van der Waals surface area contributed by atoms with Crippen molar-refractivity contribution in [2.24, 2.45) is 0 Å². The van der Waals surface area contributed by atoms with Crippen LogP contribution < -0.4 is 0 Å². The minimum absolute atomic E-state index is 0.0495. The van der Waals surface area contributed by atoms with Gasteiger partial charge >= 0.3 is 0 Å². The summed E-state index contributed by atoms with van der Waals surface area (Å²) in [6.45, 7) is 0.321. The number of aliphatic hydroxyl groups excluding tert-OH is 1. The van der Waals surface area contributed by atoms with Crippen LogP contribution in [-0.2, 0) is 16.0 Å². The van der Waals surface area contributed by atoms with Crippen LogP contribution in [0.4, 0.5) is 0 Å². The van der Waals surface area contributed by atoms with E-state index in [1.165, 1.54) is 4.90 Å². The van der Waals surface area contributed by atoms with E-state index in [2.05, 4.69) is 15.9 Å². The second kappa shape index (κ2) is 9.08. The molecule has 31 heavy (non-hydrogen) atoms. The number of halogens is 2. The molecule has 1 aliphatic heterocycles. The van der Waals surface area contributed by atoms with Crippen molar-refractivity contribution in [3.8, 4) is 0 Å². The van der Waals surface area contributed by atoms with Crippen molar-refractivity contribution in [3.05, 3.63) is 111 Å². The van der Waals surface area contributed by atoms with E-state index in [1.54, 1.807) is 48.5 Å². The van der Waals surface area contributed by atoms with Crippen LogP contribution in [0.15, 0.2) is 88.9 Å². The van der Waals surface area contributed by atoms with Gasteiger partial charge in [0, 0.05) is 21.6 Å². The summed E-state index contributed by atoms with van der Waals surface area (Å²) >= 11 is 9.82. The molecule has 0 unspecified atom stereocenters. The molecule has 4 nitrogen and oxygen atoms in total. The zero-order valence-electron chi connectivity index (χ0n) is 16.5. The Morgan fingerprint density at radius 1 is 0.935 bits per heavy atom. The summed E-state index contributed by atoms with van der Waals surface area (Å²) in [4.78, 5) is 27.5. The van der Waals surface area contributed by atoms with Gasteiger partial charge in [0.15, 0.2) is 0 Å². The van der Waals surface area contributed by atoms with Crippen LogP contribution in [0.25, 0.3) is 5.76 Å². The fourth-order valence-electron chi connectivity index (χ4n) is 3.79. The third kappa shape index (κ3) is 4.29. The van der Waals surface area contributed by atoms with E-state index in [-0.39, 0.29) is 11.3 Å². The molecule has 6 heteroatoms. The first-order chi connectivity index (χ1) is 15.0. The molecule has 0 aromatic heterocycles. The largest absolute Gasteiger partial charge is 0.507 e. The third-order valence-corrected chi connectivity index (χ3v) is 6.21. The van der Waals surface area contributed by atoms with Gasteiger partial charge in [-0.1, -0.05) is 88.2 Å².